The Balaban J connectivity index is 1.62. The second kappa shape index (κ2) is 6.93. The van der Waals surface area contributed by atoms with Crippen LogP contribution in [0.2, 0.25) is 0 Å². The number of hydrogen-bond donors (Lipinski definition) is 1. The Morgan fingerprint density at radius 1 is 1.33 bits per heavy atom. The quantitative estimate of drug-likeness (QED) is 0.684. The fraction of sp³-hybridized carbons (Fsp3) is 0.381. The van der Waals surface area contributed by atoms with Gasteiger partial charge in [0, 0.05) is 4.88 Å². The molecule has 0 unspecified atom stereocenters. The summed E-state index contributed by atoms with van der Waals surface area (Å²) in [6.07, 6.45) is 2.40. The number of aryl methyl sites for hydroxylation is 2. The highest BCUT2D eigenvalue weighted by molar-refractivity contribution is 7.18. The molecule has 27 heavy (non-hydrogen) atoms. The number of benzene rings is 1. The lowest BCUT2D eigenvalue weighted by Crippen LogP contribution is -2.18. The maximum absolute atomic E-state index is 12.7. The average molecular weight is 382 g/mol. The van der Waals surface area contributed by atoms with Gasteiger partial charge in [0.2, 0.25) is 0 Å². The molecule has 5 nitrogen and oxygen atoms in total. The molecule has 0 fully saturated rings. The molecule has 6 heteroatoms. The van der Waals surface area contributed by atoms with Gasteiger partial charge in [-0.05, 0) is 56.7 Å². The highest BCUT2D eigenvalue weighted by Gasteiger charge is 2.24. The summed E-state index contributed by atoms with van der Waals surface area (Å²) in [6.45, 7) is 5.93. The zero-order valence-corrected chi connectivity index (χ0v) is 16.5. The average Bonchev–Trinajstić information content (AvgIpc) is 2.99. The third kappa shape index (κ3) is 3.41. The van der Waals surface area contributed by atoms with Gasteiger partial charge < -0.3 is 9.72 Å². The summed E-state index contributed by atoms with van der Waals surface area (Å²) < 4.78 is 5.52. The Morgan fingerprint density at radius 3 is 2.81 bits per heavy atom. The van der Waals surface area contributed by atoms with E-state index in [1.54, 1.807) is 30.4 Å². The zero-order chi connectivity index (χ0) is 19.1. The number of nitrogens with zero attached hydrogens (tertiary/aromatic N) is 1. The molecule has 1 aliphatic rings. The number of ether oxygens (including phenoxy) is 1. The maximum Gasteiger partial charge on any atom is 0.338 e. The third-order valence-electron chi connectivity index (χ3n) is 5.14. The van der Waals surface area contributed by atoms with Gasteiger partial charge in [-0.15, -0.1) is 11.3 Å². The van der Waals surface area contributed by atoms with Gasteiger partial charge in [-0.25, -0.2) is 9.78 Å². The molecule has 4 rings (SSSR count). The van der Waals surface area contributed by atoms with E-state index in [0.717, 1.165) is 35.2 Å². The predicted molar refractivity (Wildman–Crippen MR) is 106 cm³/mol. The molecule has 2 atom stereocenters. The van der Waals surface area contributed by atoms with Crippen molar-refractivity contribution in [2.75, 3.05) is 0 Å². The van der Waals surface area contributed by atoms with E-state index in [-0.39, 0.29) is 5.56 Å². The number of carbonyl (C=O) groups excluding carboxylic acids is 1. The van der Waals surface area contributed by atoms with Crippen LogP contribution in [0.4, 0.5) is 0 Å². The maximum atomic E-state index is 12.7. The second-order valence-electron chi connectivity index (χ2n) is 7.40. The number of H-pyrrole nitrogens is 1. The van der Waals surface area contributed by atoms with Gasteiger partial charge in [-0.1, -0.05) is 24.6 Å². The molecule has 0 amide bonds. The van der Waals surface area contributed by atoms with Crippen molar-refractivity contribution in [3.8, 4) is 0 Å². The van der Waals surface area contributed by atoms with Crippen molar-refractivity contribution in [2.45, 2.75) is 46.1 Å². The summed E-state index contributed by atoms with van der Waals surface area (Å²) >= 11 is 1.59. The molecule has 0 saturated carbocycles. The number of thiophene rings is 1. The Hall–Kier alpha value is -2.47. The first-order valence-corrected chi connectivity index (χ1v) is 10.1. The van der Waals surface area contributed by atoms with Crippen LogP contribution < -0.4 is 5.56 Å². The molecule has 1 aromatic carbocycles. The number of esters is 1. The van der Waals surface area contributed by atoms with Crippen molar-refractivity contribution in [3.05, 3.63) is 62.0 Å². The summed E-state index contributed by atoms with van der Waals surface area (Å²) in [5, 5.41) is 0.711. The van der Waals surface area contributed by atoms with Gasteiger partial charge in [0.05, 0.1) is 10.9 Å². The zero-order valence-electron chi connectivity index (χ0n) is 15.7. The lowest BCUT2D eigenvalue weighted by molar-refractivity contribution is 0.0320. The van der Waals surface area contributed by atoms with Crippen LogP contribution in [0.3, 0.4) is 0 Å². The molecule has 1 aliphatic carbocycles. The first-order chi connectivity index (χ1) is 12.9. The molecule has 0 spiro atoms. The van der Waals surface area contributed by atoms with E-state index < -0.39 is 12.1 Å². The van der Waals surface area contributed by atoms with E-state index in [1.165, 1.54) is 4.88 Å². The minimum Gasteiger partial charge on any atom is -0.451 e. The monoisotopic (exact) mass is 382 g/mol. The standard InChI is InChI=1S/C21H22N2O3S/c1-11-4-7-14(8-5-11)21(25)26-13(3)18-22-19(24)17-15-9-6-12(2)10-16(15)27-20(17)23-18/h4-5,7-8,12-13H,6,9-10H2,1-3H3,(H,22,23,24)/t12-,13+/m0/s1. The van der Waals surface area contributed by atoms with Crippen molar-refractivity contribution in [2.24, 2.45) is 5.92 Å². The molecule has 0 aliphatic heterocycles. The largest absolute Gasteiger partial charge is 0.451 e. The Labute approximate surface area is 161 Å². The number of aromatic nitrogens is 2. The van der Waals surface area contributed by atoms with E-state index in [4.69, 9.17) is 4.74 Å². The lowest BCUT2D eigenvalue weighted by Gasteiger charge is -2.17. The van der Waals surface area contributed by atoms with Gasteiger partial charge in [0.15, 0.2) is 11.9 Å². The topological polar surface area (TPSA) is 72.0 Å². The second-order valence-corrected chi connectivity index (χ2v) is 8.48. The fourth-order valence-electron chi connectivity index (χ4n) is 3.53. The van der Waals surface area contributed by atoms with E-state index in [9.17, 15) is 9.59 Å². The summed E-state index contributed by atoms with van der Waals surface area (Å²) in [6, 6.07) is 7.20. The van der Waals surface area contributed by atoms with Gasteiger partial charge in [-0.2, -0.15) is 0 Å². The highest BCUT2D eigenvalue weighted by atomic mass is 32.1. The molecule has 1 N–H and O–H groups in total. The smallest absolute Gasteiger partial charge is 0.338 e. The first kappa shape index (κ1) is 17.9. The highest BCUT2D eigenvalue weighted by Crippen LogP contribution is 2.36. The van der Waals surface area contributed by atoms with Crippen LogP contribution in [0, 0.1) is 12.8 Å². The SMILES string of the molecule is Cc1ccc(C(=O)O[C@H](C)c2nc3sc4c(c3c(=O)[nH]2)CC[C@H](C)C4)cc1. The Bertz CT molecular complexity index is 1070. The normalized spacial score (nSPS) is 17.5. The number of fused-ring (bicyclic) bond motifs is 3. The number of rotatable bonds is 3. The number of nitrogens with one attached hydrogen (secondary N) is 1. The van der Waals surface area contributed by atoms with Crippen molar-refractivity contribution in [3.63, 3.8) is 0 Å². The van der Waals surface area contributed by atoms with Crippen LogP contribution in [0.25, 0.3) is 10.2 Å². The first-order valence-electron chi connectivity index (χ1n) is 9.24. The van der Waals surface area contributed by atoms with Crippen molar-refractivity contribution < 1.29 is 9.53 Å². The lowest BCUT2D eigenvalue weighted by atomic mass is 9.89. The van der Waals surface area contributed by atoms with Crippen molar-refractivity contribution >= 4 is 27.5 Å². The fourth-order valence-corrected chi connectivity index (χ4v) is 4.92. The van der Waals surface area contributed by atoms with Crippen LogP contribution in [-0.4, -0.2) is 15.9 Å². The predicted octanol–water partition coefficient (Wildman–Crippen LogP) is 4.34. The van der Waals surface area contributed by atoms with Crippen LogP contribution in [0.5, 0.6) is 0 Å². The molecule has 0 bridgehead atoms. The summed E-state index contributed by atoms with van der Waals surface area (Å²) in [5.74, 6) is 0.600. The van der Waals surface area contributed by atoms with E-state index in [1.807, 2.05) is 19.1 Å². The summed E-state index contributed by atoms with van der Waals surface area (Å²) in [4.78, 5) is 34.5. The van der Waals surface area contributed by atoms with E-state index in [2.05, 4.69) is 16.9 Å². The molecule has 140 valence electrons. The number of carbonyl (C=O) groups is 1. The Kier molecular flexibility index (Phi) is 4.60. The number of hydrogen-bond acceptors (Lipinski definition) is 5. The van der Waals surface area contributed by atoms with Gasteiger partial charge in [0.1, 0.15) is 4.83 Å². The third-order valence-corrected chi connectivity index (χ3v) is 6.29. The van der Waals surface area contributed by atoms with Gasteiger partial charge >= 0.3 is 5.97 Å². The van der Waals surface area contributed by atoms with Crippen molar-refractivity contribution in [1.29, 1.82) is 0 Å². The number of aromatic amines is 1. The van der Waals surface area contributed by atoms with Gasteiger partial charge in [-0.3, -0.25) is 4.79 Å². The van der Waals surface area contributed by atoms with Crippen LogP contribution >= 0.6 is 11.3 Å². The molecule has 0 saturated heterocycles. The summed E-state index contributed by atoms with van der Waals surface area (Å²) in [5.41, 5.74) is 2.57. The molecular weight excluding hydrogens is 360 g/mol. The van der Waals surface area contributed by atoms with E-state index in [0.29, 0.717) is 22.7 Å². The Morgan fingerprint density at radius 2 is 2.07 bits per heavy atom. The molecule has 0 radical (unpaired) electrons. The molecule has 2 aromatic heterocycles. The molecule has 2 heterocycles. The minimum atomic E-state index is -0.631. The van der Waals surface area contributed by atoms with Crippen LogP contribution in [0.1, 0.15) is 58.6 Å². The molecule has 3 aromatic rings. The minimum absolute atomic E-state index is 0.139. The van der Waals surface area contributed by atoms with E-state index >= 15 is 0 Å². The molecular formula is C21H22N2O3S. The van der Waals surface area contributed by atoms with Crippen molar-refractivity contribution in [1.82, 2.24) is 9.97 Å². The summed E-state index contributed by atoms with van der Waals surface area (Å²) in [7, 11) is 0. The van der Waals surface area contributed by atoms with Crippen LogP contribution in [-0.2, 0) is 17.6 Å². The van der Waals surface area contributed by atoms with Crippen LogP contribution in [0.15, 0.2) is 29.1 Å². The van der Waals surface area contributed by atoms with Gasteiger partial charge in [0.25, 0.3) is 5.56 Å².